The summed E-state index contributed by atoms with van der Waals surface area (Å²) in [6.45, 7) is 0. The van der Waals surface area contributed by atoms with E-state index >= 15 is 0 Å². The summed E-state index contributed by atoms with van der Waals surface area (Å²) in [6.07, 6.45) is 0. The topological polar surface area (TPSA) is 49.7 Å². The standard InChI is InChI=1S/C12H7Cl3O3/c13-6-5-8(17)12(11(15)10(6)14)18-9-4-2-1-3-7(9)16/h1-5,16-17H. The molecular weight excluding hydrogens is 298 g/mol. The van der Waals surface area contributed by atoms with Gasteiger partial charge in [0.2, 0.25) is 0 Å². The fourth-order valence-corrected chi connectivity index (χ4v) is 1.94. The number of rotatable bonds is 2. The molecule has 2 aromatic rings. The van der Waals surface area contributed by atoms with Gasteiger partial charge < -0.3 is 14.9 Å². The number of hydrogen-bond donors (Lipinski definition) is 2. The van der Waals surface area contributed by atoms with Crippen LogP contribution in [0.5, 0.6) is 23.0 Å². The van der Waals surface area contributed by atoms with E-state index in [4.69, 9.17) is 39.5 Å². The summed E-state index contributed by atoms with van der Waals surface area (Å²) in [6, 6.07) is 7.48. The van der Waals surface area contributed by atoms with Gasteiger partial charge in [-0.15, -0.1) is 0 Å². The van der Waals surface area contributed by atoms with E-state index in [-0.39, 0.29) is 38.1 Å². The molecule has 3 nitrogen and oxygen atoms in total. The first-order chi connectivity index (χ1) is 8.50. The maximum absolute atomic E-state index is 9.71. The summed E-state index contributed by atoms with van der Waals surface area (Å²) >= 11 is 17.5. The number of phenolic OH excluding ortho intramolecular Hbond substituents is 2. The first-order valence-corrected chi connectivity index (χ1v) is 5.96. The van der Waals surface area contributed by atoms with Crippen LogP contribution in [0, 0.1) is 0 Å². The minimum absolute atomic E-state index is 0.0232. The highest BCUT2D eigenvalue weighted by Crippen LogP contribution is 2.46. The van der Waals surface area contributed by atoms with Crippen molar-refractivity contribution in [2.24, 2.45) is 0 Å². The molecule has 0 aromatic heterocycles. The molecule has 2 rings (SSSR count). The van der Waals surface area contributed by atoms with Gasteiger partial charge >= 0.3 is 0 Å². The SMILES string of the molecule is Oc1ccccc1Oc1c(O)cc(Cl)c(Cl)c1Cl. The number of benzene rings is 2. The second kappa shape index (κ2) is 5.14. The fourth-order valence-electron chi connectivity index (χ4n) is 1.32. The van der Waals surface area contributed by atoms with Crippen LogP contribution in [0.2, 0.25) is 15.1 Å². The zero-order valence-corrected chi connectivity index (χ0v) is 11.1. The van der Waals surface area contributed by atoms with Crippen LogP contribution in [0.3, 0.4) is 0 Å². The normalized spacial score (nSPS) is 10.4. The van der Waals surface area contributed by atoms with E-state index in [9.17, 15) is 10.2 Å². The lowest BCUT2D eigenvalue weighted by atomic mass is 10.3. The molecule has 2 N–H and O–H groups in total. The highest BCUT2D eigenvalue weighted by Gasteiger charge is 2.17. The molecule has 0 fully saturated rings. The molecule has 0 aliphatic rings. The molecule has 0 atom stereocenters. The van der Waals surface area contributed by atoms with Gasteiger partial charge in [0.05, 0.1) is 10.0 Å². The van der Waals surface area contributed by atoms with E-state index in [0.717, 1.165) is 0 Å². The molecule has 0 saturated carbocycles. The summed E-state index contributed by atoms with van der Waals surface area (Å²) in [5.74, 6) is -0.266. The number of halogens is 3. The average Bonchev–Trinajstić information content (AvgIpc) is 2.34. The molecule has 0 bridgehead atoms. The molecule has 0 unspecified atom stereocenters. The van der Waals surface area contributed by atoms with Crippen molar-refractivity contribution in [3.63, 3.8) is 0 Å². The van der Waals surface area contributed by atoms with Gasteiger partial charge in [0, 0.05) is 6.07 Å². The van der Waals surface area contributed by atoms with Crippen molar-refractivity contribution in [2.75, 3.05) is 0 Å². The van der Waals surface area contributed by atoms with E-state index in [1.54, 1.807) is 12.1 Å². The minimum Gasteiger partial charge on any atom is -0.504 e. The Morgan fingerprint density at radius 1 is 0.889 bits per heavy atom. The van der Waals surface area contributed by atoms with E-state index in [1.165, 1.54) is 18.2 Å². The molecule has 0 amide bonds. The number of hydrogen-bond acceptors (Lipinski definition) is 3. The Bertz CT molecular complexity index is 599. The van der Waals surface area contributed by atoms with E-state index in [2.05, 4.69) is 0 Å². The third kappa shape index (κ3) is 2.43. The zero-order chi connectivity index (χ0) is 13.3. The van der Waals surface area contributed by atoms with Crippen LogP contribution >= 0.6 is 34.8 Å². The van der Waals surface area contributed by atoms with Crippen molar-refractivity contribution >= 4 is 34.8 Å². The molecule has 94 valence electrons. The van der Waals surface area contributed by atoms with Gasteiger partial charge in [0.15, 0.2) is 23.0 Å². The largest absolute Gasteiger partial charge is 0.504 e. The third-order valence-electron chi connectivity index (χ3n) is 2.18. The molecular formula is C12H7Cl3O3. The molecule has 6 heteroatoms. The first kappa shape index (κ1) is 13.1. The number of para-hydroxylation sites is 2. The van der Waals surface area contributed by atoms with Gasteiger partial charge in [-0.1, -0.05) is 46.9 Å². The lowest BCUT2D eigenvalue weighted by molar-refractivity contribution is 0.385. The predicted octanol–water partition coefficient (Wildman–Crippen LogP) is 4.85. The smallest absolute Gasteiger partial charge is 0.189 e. The average molecular weight is 306 g/mol. The Kier molecular flexibility index (Phi) is 3.76. The van der Waals surface area contributed by atoms with Crippen LogP contribution in [-0.2, 0) is 0 Å². The molecule has 0 spiro atoms. The Morgan fingerprint density at radius 2 is 1.56 bits per heavy atom. The number of ether oxygens (including phenoxy) is 1. The molecule has 0 radical (unpaired) electrons. The van der Waals surface area contributed by atoms with Gasteiger partial charge in [-0.25, -0.2) is 0 Å². The highest BCUT2D eigenvalue weighted by molar-refractivity contribution is 6.48. The van der Waals surface area contributed by atoms with Crippen molar-refractivity contribution < 1.29 is 14.9 Å². The van der Waals surface area contributed by atoms with Crippen LogP contribution in [0.15, 0.2) is 30.3 Å². The van der Waals surface area contributed by atoms with Crippen molar-refractivity contribution in [1.82, 2.24) is 0 Å². The summed E-state index contributed by atoms with van der Waals surface area (Å²) < 4.78 is 5.33. The van der Waals surface area contributed by atoms with Gasteiger partial charge in [-0.3, -0.25) is 0 Å². The first-order valence-electron chi connectivity index (χ1n) is 4.83. The van der Waals surface area contributed by atoms with E-state index in [0.29, 0.717) is 0 Å². The van der Waals surface area contributed by atoms with Crippen LogP contribution in [0.1, 0.15) is 0 Å². The fraction of sp³-hybridized carbons (Fsp3) is 0. The van der Waals surface area contributed by atoms with Gasteiger partial charge in [-0.2, -0.15) is 0 Å². The molecule has 0 aliphatic carbocycles. The molecule has 0 heterocycles. The Labute approximate surface area is 118 Å². The van der Waals surface area contributed by atoms with Crippen molar-refractivity contribution in [3.8, 4) is 23.0 Å². The molecule has 2 aromatic carbocycles. The summed E-state index contributed by atoms with van der Waals surface area (Å²) in [4.78, 5) is 0. The Morgan fingerprint density at radius 3 is 2.22 bits per heavy atom. The predicted molar refractivity (Wildman–Crippen MR) is 71.3 cm³/mol. The van der Waals surface area contributed by atoms with Crippen molar-refractivity contribution in [3.05, 3.63) is 45.4 Å². The Balaban J connectivity index is 2.47. The maximum atomic E-state index is 9.71. The zero-order valence-electron chi connectivity index (χ0n) is 8.82. The summed E-state index contributed by atoms with van der Waals surface area (Å²) in [5, 5.41) is 19.4. The van der Waals surface area contributed by atoms with Gasteiger partial charge in [0.25, 0.3) is 0 Å². The van der Waals surface area contributed by atoms with Crippen LogP contribution in [-0.4, -0.2) is 10.2 Å². The number of phenols is 2. The molecule has 18 heavy (non-hydrogen) atoms. The number of aromatic hydroxyl groups is 2. The van der Waals surface area contributed by atoms with Crippen LogP contribution < -0.4 is 4.74 Å². The highest BCUT2D eigenvalue weighted by atomic mass is 35.5. The maximum Gasteiger partial charge on any atom is 0.189 e. The summed E-state index contributed by atoms with van der Waals surface area (Å²) in [5.41, 5.74) is 0. The van der Waals surface area contributed by atoms with E-state index < -0.39 is 0 Å². The summed E-state index contributed by atoms with van der Waals surface area (Å²) in [7, 11) is 0. The second-order valence-corrected chi connectivity index (χ2v) is 4.57. The van der Waals surface area contributed by atoms with Crippen LogP contribution in [0.25, 0.3) is 0 Å². The van der Waals surface area contributed by atoms with E-state index in [1.807, 2.05) is 0 Å². The monoisotopic (exact) mass is 304 g/mol. The Hall–Kier alpha value is -1.29. The van der Waals surface area contributed by atoms with Gasteiger partial charge in [0.1, 0.15) is 5.02 Å². The molecule has 0 aliphatic heterocycles. The molecule has 0 saturated heterocycles. The lowest BCUT2D eigenvalue weighted by Gasteiger charge is -2.12. The lowest BCUT2D eigenvalue weighted by Crippen LogP contribution is -1.88. The van der Waals surface area contributed by atoms with Crippen molar-refractivity contribution in [1.29, 1.82) is 0 Å². The van der Waals surface area contributed by atoms with Crippen molar-refractivity contribution in [2.45, 2.75) is 0 Å². The quantitative estimate of drug-likeness (QED) is 0.780. The minimum atomic E-state index is -0.266. The van der Waals surface area contributed by atoms with Crippen LogP contribution in [0.4, 0.5) is 0 Å². The second-order valence-electron chi connectivity index (χ2n) is 3.40. The third-order valence-corrected chi connectivity index (χ3v) is 3.42. The van der Waals surface area contributed by atoms with Gasteiger partial charge in [-0.05, 0) is 12.1 Å².